The third-order valence-corrected chi connectivity index (χ3v) is 0.789. The van der Waals surface area contributed by atoms with Gasteiger partial charge in [-0.05, 0) is 0 Å². The first kappa shape index (κ1) is 8.39. The highest BCUT2D eigenvalue weighted by molar-refractivity contribution is 6.23. The summed E-state index contributed by atoms with van der Waals surface area (Å²) in [5.74, 6) is -0.00954. The quantitative estimate of drug-likeness (QED) is 0.300. The SMILES string of the molecule is COC(=N)C(=C=[N-])C(N)=O. The highest BCUT2D eigenvalue weighted by Gasteiger charge is 2.07. The zero-order chi connectivity index (χ0) is 8.15. The van der Waals surface area contributed by atoms with E-state index in [-0.39, 0.29) is 0 Å². The van der Waals surface area contributed by atoms with E-state index >= 15 is 0 Å². The van der Waals surface area contributed by atoms with Crippen LogP contribution in [0.5, 0.6) is 0 Å². The van der Waals surface area contributed by atoms with Crippen molar-refractivity contribution in [3.63, 3.8) is 0 Å². The lowest BCUT2D eigenvalue weighted by molar-refractivity contribution is -0.114. The van der Waals surface area contributed by atoms with Crippen molar-refractivity contribution in [2.24, 2.45) is 5.73 Å². The van der Waals surface area contributed by atoms with Crippen LogP contribution >= 0.6 is 0 Å². The Labute approximate surface area is 57.5 Å². The third-order valence-electron chi connectivity index (χ3n) is 0.789. The summed E-state index contributed by atoms with van der Waals surface area (Å²) in [5.41, 5.74) is 4.23. The van der Waals surface area contributed by atoms with E-state index in [0.717, 1.165) is 0 Å². The van der Waals surface area contributed by atoms with Gasteiger partial charge in [0.15, 0.2) is 0 Å². The Hall–Kier alpha value is -1.61. The van der Waals surface area contributed by atoms with E-state index in [1.165, 1.54) is 13.0 Å². The van der Waals surface area contributed by atoms with Crippen molar-refractivity contribution < 1.29 is 9.53 Å². The lowest BCUT2D eigenvalue weighted by Gasteiger charge is -2.00. The molecule has 0 unspecified atom stereocenters. The first-order valence-electron chi connectivity index (χ1n) is 2.33. The van der Waals surface area contributed by atoms with E-state index in [1.54, 1.807) is 0 Å². The Bertz CT molecular complexity index is 215. The maximum absolute atomic E-state index is 10.3. The predicted molar refractivity (Wildman–Crippen MR) is 35.8 cm³/mol. The minimum Gasteiger partial charge on any atom is -0.762 e. The van der Waals surface area contributed by atoms with E-state index in [0.29, 0.717) is 0 Å². The highest BCUT2D eigenvalue weighted by atomic mass is 16.5. The van der Waals surface area contributed by atoms with Gasteiger partial charge in [0, 0.05) is 0 Å². The molecule has 0 saturated heterocycles. The van der Waals surface area contributed by atoms with Gasteiger partial charge in [0.1, 0.15) is 5.57 Å². The second-order valence-electron chi connectivity index (χ2n) is 1.38. The summed E-state index contributed by atoms with van der Waals surface area (Å²) in [6.07, 6.45) is 0. The molecule has 0 rings (SSSR count). The molecule has 0 aromatic carbocycles. The summed E-state index contributed by atoms with van der Waals surface area (Å²) in [6.45, 7) is 0. The Balaban J connectivity index is 4.56. The molecule has 0 atom stereocenters. The second-order valence-corrected chi connectivity index (χ2v) is 1.38. The largest absolute Gasteiger partial charge is 0.762 e. The number of nitrogens with one attached hydrogen (secondary N) is 1. The fraction of sp³-hybridized carbons (Fsp3) is 0.200. The highest BCUT2D eigenvalue weighted by Crippen LogP contribution is 1.89. The number of ether oxygens (including phenoxy) is 1. The molecule has 0 aromatic rings. The lowest BCUT2D eigenvalue weighted by Crippen LogP contribution is -2.21. The molecule has 3 N–H and O–H groups in total. The van der Waals surface area contributed by atoms with E-state index in [9.17, 15) is 4.79 Å². The van der Waals surface area contributed by atoms with Gasteiger partial charge >= 0.3 is 0 Å². The van der Waals surface area contributed by atoms with Gasteiger partial charge < -0.3 is 15.9 Å². The molecule has 0 aliphatic heterocycles. The molecular weight excluding hydrogens is 134 g/mol. The van der Waals surface area contributed by atoms with Gasteiger partial charge in [0.05, 0.1) is 7.11 Å². The minimum atomic E-state index is -0.950. The zero-order valence-corrected chi connectivity index (χ0v) is 5.34. The standard InChI is InChI=1S/C5H6N3O2/c1-10-5(8)3(2-6)4(7)9/h8H,1H3,(H2,7,9)/q-1. The molecule has 0 saturated carbocycles. The number of nitrogens with two attached hydrogens (primary N) is 1. The van der Waals surface area contributed by atoms with Crippen LogP contribution in [0.15, 0.2) is 5.57 Å². The van der Waals surface area contributed by atoms with Crippen molar-refractivity contribution in [2.75, 3.05) is 7.11 Å². The van der Waals surface area contributed by atoms with Crippen LogP contribution in [0, 0.1) is 5.41 Å². The molecule has 0 fully saturated rings. The monoisotopic (exact) mass is 140 g/mol. The Morgan fingerprint density at radius 1 is 1.80 bits per heavy atom. The molecule has 0 heterocycles. The molecule has 5 heteroatoms. The number of hydrogen-bond donors (Lipinski definition) is 2. The third kappa shape index (κ3) is 1.72. The molecule has 10 heavy (non-hydrogen) atoms. The van der Waals surface area contributed by atoms with Crippen LogP contribution < -0.4 is 5.73 Å². The summed E-state index contributed by atoms with van der Waals surface area (Å²) < 4.78 is 4.29. The Kier molecular flexibility index (Phi) is 2.87. The van der Waals surface area contributed by atoms with Crippen molar-refractivity contribution >= 4 is 17.7 Å². The Morgan fingerprint density at radius 2 is 2.30 bits per heavy atom. The van der Waals surface area contributed by atoms with Crippen molar-refractivity contribution in [1.82, 2.24) is 0 Å². The lowest BCUT2D eigenvalue weighted by atomic mass is 10.3. The van der Waals surface area contributed by atoms with E-state index < -0.39 is 17.4 Å². The molecule has 0 aliphatic carbocycles. The number of hydrogen-bond acceptors (Lipinski definition) is 3. The van der Waals surface area contributed by atoms with Crippen molar-refractivity contribution in [3.05, 3.63) is 11.0 Å². The molecule has 0 bridgehead atoms. The van der Waals surface area contributed by atoms with E-state index in [2.05, 4.69) is 4.74 Å². The smallest absolute Gasteiger partial charge is 0.260 e. The summed E-state index contributed by atoms with van der Waals surface area (Å²) in [5, 5.41) is 15.0. The van der Waals surface area contributed by atoms with Gasteiger partial charge in [0.2, 0.25) is 5.90 Å². The number of methoxy groups -OCH3 is 1. The van der Waals surface area contributed by atoms with Crippen molar-refractivity contribution in [1.29, 1.82) is 5.41 Å². The van der Waals surface area contributed by atoms with Crippen molar-refractivity contribution in [2.45, 2.75) is 0 Å². The Morgan fingerprint density at radius 3 is 2.40 bits per heavy atom. The maximum Gasteiger partial charge on any atom is 0.260 e. The zero-order valence-electron chi connectivity index (χ0n) is 5.34. The fourth-order valence-electron chi connectivity index (χ4n) is 0.320. The van der Waals surface area contributed by atoms with Gasteiger partial charge in [-0.15, -0.1) is 0 Å². The van der Waals surface area contributed by atoms with Crippen LogP contribution in [0.4, 0.5) is 0 Å². The average Bonchev–Trinajstić information content (AvgIpc) is 1.88. The first-order chi connectivity index (χ1) is 4.63. The summed E-state index contributed by atoms with van der Waals surface area (Å²) in [7, 11) is 1.18. The molecule has 1 amide bonds. The van der Waals surface area contributed by atoms with Crippen LogP contribution in [0.25, 0.3) is 5.41 Å². The fourth-order valence-corrected chi connectivity index (χ4v) is 0.320. The van der Waals surface area contributed by atoms with Crippen LogP contribution in [0.1, 0.15) is 0 Å². The first-order valence-corrected chi connectivity index (χ1v) is 2.33. The maximum atomic E-state index is 10.3. The van der Waals surface area contributed by atoms with Gasteiger partial charge in [0.25, 0.3) is 5.91 Å². The molecule has 0 aliphatic rings. The van der Waals surface area contributed by atoms with Gasteiger partial charge in [-0.3, -0.25) is 16.1 Å². The van der Waals surface area contributed by atoms with E-state index in [1.807, 2.05) is 0 Å². The summed E-state index contributed by atoms with van der Waals surface area (Å²) in [4.78, 5) is 10.3. The van der Waals surface area contributed by atoms with Crippen LogP contribution in [0.3, 0.4) is 0 Å². The van der Waals surface area contributed by atoms with Gasteiger partial charge in [-0.2, -0.15) is 0 Å². The van der Waals surface area contributed by atoms with Gasteiger partial charge in [-0.25, -0.2) is 0 Å². The number of amides is 1. The average molecular weight is 140 g/mol. The molecule has 54 valence electrons. The topological polar surface area (TPSA) is 98.5 Å². The minimum absolute atomic E-state index is 0.470. The van der Waals surface area contributed by atoms with Crippen LogP contribution in [-0.4, -0.2) is 24.8 Å². The number of carbonyl (C=O) groups is 1. The van der Waals surface area contributed by atoms with Crippen molar-refractivity contribution in [3.8, 4) is 0 Å². The second kappa shape index (κ2) is 3.42. The molecule has 5 nitrogen and oxygen atoms in total. The molecule has 0 radical (unpaired) electrons. The van der Waals surface area contributed by atoms with E-state index in [4.69, 9.17) is 16.6 Å². The molecule has 0 spiro atoms. The van der Waals surface area contributed by atoms with Gasteiger partial charge in [-0.1, -0.05) is 0 Å². The number of carbonyl (C=O) groups excluding carboxylic acids is 1. The molecular formula is C5H6N3O2-. The predicted octanol–water partition coefficient (Wildman–Crippen LogP) is -0.739. The summed E-state index contributed by atoms with van der Waals surface area (Å²) >= 11 is 0. The number of primary amides is 1. The number of nitrogens with zero attached hydrogens (tertiary/aromatic N) is 1. The molecule has 0 aromatic heterocycles. The normalized spacial score (nSPS) is 7.70. The number of rotatable bonds is 2. The van der Waals surface area contributed by atoms with Crippen LogP contribution in [0.2, 0.25) is 0 Å². The summed E-state index contributed by atoms with van der Waals surface area (Å²) in [6, 6.07) is 0. The van der Waals surface area contributed by atoms with Crippen LogP contribution in [-0.2, 0) is 9.53 Å².